The topological polar surface area (TPSA) is 76.6 Å². The molecule has 1 atom stereocenters. The molecular weight excluding hydrogens is 412 g/mol. The highest BCUT2D eigenvalue weighted by molar-refractivity contribution is 5.90. The molecule has 3 aliphatic rings. The Bertz CT molecular complexity index is 1120. The van der Waals surface area contributed by atoms with Crippen LogP contribution in [0.15, 0.2) is 53.2 Å². The molecular formula is C26H34N6O. The van der Waals surface area contributed by atoms with E-state index in [9.17, 15) is 4.79 Å². The summed E-state index contributed by atoms with van der Waals surface area (Å²) in [7, 11) is 0. The molecule has 2 fully saturated rings. The fourth-order valence-electron chi connectivity index (χ4n) is 5.50. The van der Waals surface area contributed by atoms with Crippen molar-refractivity contribution >= 4 is 22.6 Å². The number of likely N-dealkylation sites (tertiary alicyclic amines) is 1. The van der Waals surface area contributed by atoms with E-state index in [-0.39, 0.29) is 5.91 Å². The van der Waals surface area contributed by atoms with Crippen molar-refractivity contribution < 1.29 is 4.79 Å². The van der Waals surface area contributed by atoms with E-state index >= 15 is 0 Å². The lowest BCUT2D eigenvalue weighted by Crippen LogP contribution is -2.67. The number of allylic oxidation sites excluding steroid dienone is 2. The predicted molar refractivity (Wildman–Crippen MR) is 132 cm³/mol. The average molecular weight is 447 g/mol. The normalized spacial score (nSPS) is 25.6. The van der Waals surface area contributed by atoms with Gasteiger partial charge < -0.3 is 15.1 Å². The second-order valence-electron chi connectivity index (χ2n) is 9.83. The third-order valence-electron chi connectivity index (χ3n) is 7.46. The summed E-state index contributed by atoms with van der Waals surface area (Å²) in [6, 6.07) is 8.07. The summed E-state index contributed by atoms with van der Waals surface area (Å²) in [5.74, 6) is 1.73. The number of carbonyl (C=O) groups is 1. The highest BCUT2D eigenvalue weighted by atomic mass is 16.2. The molecule has 3 aliphatic heterocycles. The van der Waals surface area contributed by atoms with E-state index in [1.165, 1.54) is 5.57 Å². The molecule has 7 nitrogen and oxygen atoms in total. The predicted octanol–water partition coefficient (Wildman–Crippen LogP) is 3.62. The van der Waals surface area contributed by atoms with Crippen LogP contribution >= 0.6 is 0 Å². The van der Waals surface area contributed by atoms with Crippen LogP contribution in [-0.4, -0.2) is 63.5 Å². The Kier molecular flexibility index (Phi) is 5.83. The number of piperidine rings is 1. The Morgan fingerprint density at radius 1 is 1.21 bits per heavy atom. The highest BCUT2D eigenvalue weighted by Gasteiger charge is 2.46. The van der Waals surface area contributed by atoms with Gasteiger partial charge in [-0.2, -0.15) is 5.10 Å². The molecule has 1 amide bonds. The summed E-state index contributed by atoms with van der Waals surface area (Å²) in [4.78, 5) is 22.9. The number of amides is 1. The van der Waals surface area contributed by atoms with Gasteiger partial charge in [0.2, 0.25) is 5.91 Å². The first-order valence-electron chi connectivity index (χ1n) is 12.1. The Morgan fingerprint density at radius 2 is 2.00 bits per heavy atom. The summed E-state index contributed by atoms with van der Waals surface area (Å²) in [5, 5.41) is 12.2. The van der Waals surface area contributed by atoms with E-state index in [0.717, 1.165) is 73.4 Å². The molecule has 5 rings (SSSR count). The second-order valence-corrected chi connectivity index (χ2v) is 9.83. The molecule has 1 aromatic heterocycles. The van der Waals surface area contributed by atoms with Crippen molar-refractivity contribution in [1.29, 1.82) is 0 Å². The van der Waals surface area contributed by atoms with Gasteiger partial charge in [0, 0.05) is 37.5 Å². The lowest BCUT2D eigenvalue weighted by molar-refractivity contribution is -0.144. The van der Waals surface area contributed by atoms with Crippen LogP contribution in [0.1, 0.15) is 45.2 Å². The molecule has 0 aliphatic carbocycles. The molecule has 4 heterocycles. The van der Waals surface area contributed by atoms with Crippen molar-refractivity contribution in [2.45, 2.75) is 51.6 Å². The van der Waals surface area contributed by atoms with Gasteiger partial charge >= 0.3 is 0 Å². The van der Waals surface area contributed by atoms with Gasteiger partial charge in [0.15, 0.2) is 0 Å². The highest BCUT2D eigenvalue weighted by Crippen LogP contribution is 2.31. The minimum absolute atomic E-state index is 0.211. The first kappa shape index (κ1) is 21.9. The molecule has 0 radical (unpaired) electrons. The fraction of sp³-hybridized carbons (Fsp3) is 0.500. The second kappa shape index (κ2) is 8.78. The van der Waals surface area contributed by atoms with E-state index in [2.05, 4.69) is 53.0 Å². The Balaban J connectivity index is 1.29. The quantitative estimate of drug-likeness (QED) is 0.739. The van der Waals surface area contributed by atoms with Crippen molar-refractivity contribution in [2.75, 3.05) is 26.2 Å². The number of fused-ring (bicyclic) bond motifs is 1. The number of rotatable bonds is 2. The van der Waals surface area contributed by atoms with Gasteiger partial charge in [0.05, 0.1) is 23.5 Å². The number of aromatic amines is 1. The number of aromatic nitrogens is 2. The molecule has 0 bridgehead atoms. The monoisotopic (exact) mass is 446 g/mol. The van der Waals surface area contributed by atoms with Gasteiger partial charge in [0.25, 0.3) is 0 Å². The third-order valence-corrected chi connectivity index (χ3v) is 7.46. The fourth-order valence-corrected chi connectivity index (χ4v) is 5.50. The van der Waals surface area contributed by atoms with Crippen molar-refractivity contribution in [3.63, 3.8) is 0 Å². The number of aliphatic imine (C=N–C) groups is 1. The number of hydrogen-bond donors (Lipinski definition) is 2. The summed E-state index contributed by atoms with van der Waals surface area (Å²) in [6.45, 7) is 12.3. The molecule has 1 unspecified atom stereocenters. The number of amidine groups is 1. The average Bonchev–Trinajstić information content (AvgIpc) is 3.22. The molecule has 1 spiro atoms. The number of para-hydroxylation sites is 1. The Hall–Kier alpha value is -2.93. The summed E-state index contributed by atoms with van der Waals surface area (Å²) in [5.41, 5.74) is 3.64. The molecule has 2 saturated heterocycles. The number of H-pyrrole nitrogens is 1. The van der Waals surface area contributed by atoms with Gasteiger partial charge in [-0.25, -0.2) is 4.99 Å². The van der Waals surface area contributed by atoms with Crippen LogP contribution in [0, 0.1) is 5.92 Å². The number of nitrogens with zero attached hydrogens (tertiary/aromatic N) is 4. The lowest BCUT2D eigenvalue weighted by Gasteiger charge is -2.48. The smallest absolute Gasteiger partial charge is 0.243 e. The van der Waals surface area contributed by atoms with E-state index in [0.29, 0.717) is 19.0 Å². The minimum atomic E-state index is -0.483. The third kappa shape index (κ3) is 4.22. The zero-order chi connectivity index (χ0) is 23.0. The van der Waals surface area contributed by atoms with E-state index in [1.807, 2.05) is 23.1 Å². The summed E-state index contributed by atoms with van der Waals surface area (Å²) < 4.78 is 0. The SMILES string of the molecule is C=C1/C=C(/C)CCC(C)C(N2CCC3(CC2)NCCN(Cc2[nH]nc4ccccc24)C3=O)=N1. The van der Waals surface area contributed by atoms with Crippen molar-refractivity contribution in [1.82, 2.24) is 25.3 Å². The maximum atomic E-state index is 13.7. The molecule has 2 N–H and O–H groups in total. The summed E-state index contributed by atoms with van der Waals surface area (Å²) >= 11 is 0. The van der Waals surface area contributed by atoms with Crippen LogP contribution in [0.25, 0.3) is 10.9 Å². The van der Waals surface area contributed by atoms with Crippen molar-refractivity contribution in [2.24, 2.45) is 10.9 Å². The Morgan fingerprint density at radius 3 is 2.82 bits per heavy atom. The first-order chi connectivity index (χ1) is 15.9. The van der Waals surface area contributed by atoms with Crippen LogP contribution < -0.4 is 5.32 Å². The number of benzene rings is 1. The first-order valence-corrected chi connectivity index (χ1v) is 12.1. The Labute approximate surface area is 195 Å². The van der Waals surface area contributed by atoms with Crippen LogP contribution in [0.3, 0.4) is 0 Å². The van der Waals surface area contributed by atoms with Crippen LogP contribution in [0.2, 0.25) is 0 Å². The number of hydrogen-bond acceptors (Lipinski definition) is 5. The molecule has 1 aromatic carbocycles. The summed E-state index contributed by atoms with van der Waals surface area (Å²) in [6.07, 6.45) is 5.85. The van der Waals surface area contributed by atoms with Gasteiger partial charge in [-0.1, -0.05) is 37.3 Å². The van der Waals surface area contributed by atoms with Gasteiger partial charge in [-0.3, -0.25) is 9.89 Å². The maximum absolute atomic E-state index is 13.7. The number of nitrogens with one attached hydrogen (secondary N) is 2. The number of carbonyl (C=O) groups excluding carboxylic acids is 1. The zero-order valence-electron chi connectivity index (χ0n) is 19.7. The van der Waals surface area contributed by atoms with Crippen molar-refractivity contribution in [3.05, 3.63) is 53.9 Å². The molecule has 7 heteroatoms. The van der Waals surface area contributed by atoms with Gasteiger partial charge in [0.1, 0.15) is 11.4 Å². The van der Waals surface area contributed by atoms with Gasteiger partial charge in [-0.15, -0.1) is 0 Å². The molecule has 174 valence electrons. The molecule has 0 saturated carbocycles. The maximum Gasteiger partial charge on any atom is 0.243 e. The van der Waals surface area contributed by atoms with Crippen LogP contribution in [0.5, 0.6) is 0 Å². The van der Waals surface area contributed by atoms with E-state index in [4.69, 9.17) is 4.99 Å². The van der Waals surface area contributed by atoms with Gasteiger partial charge in [-0.05, 0) is 44.7 Å². The largest absolute Gasteiger partial charge is 0.360 e. The standard InChI is InChI=1S/C26H34N6O/c1-18-8-9-19(2)24(28-20(3)16-18)31-13-10-26(11-14-31)25(33)32(15-12-27-26)17-23-21-6-4-5-7-22(21)29-30-23/h4-7,16,19,27H,3,8-15,17H2,1-2H3,(H,29,30)/b18-16-,28-24?. The van der Waals surface area contributed by atoms with Crippen LogP contribution in [-0.2, 0) is 11.3 Å². The van der Waals surface area contributed by atoms with E-state index in [1.54, 1.807) is 0 Å². The minimum Gasteiger partial charge on any atom is -0.360 e. The van der Waals surface area contributed by atoms with Crippen LogP contribution in [0.4, 0.5) is 0 Å². The number of piperazine rings is 1. The molecule has 33 heavy (non-hydrogen) atoms. The van der Waals surface area contributed by atoms with Crippen molar-refractivity contribution in [3.8, 4) is 0 Å². The molecule has 2 aromatic rings. The van der Waals surface area contributed by atoms with E-state index < -0.39 is 5.54 Å². The zero-order valence-corrected chi connectivity index (χ0v) is 19.7. The lowest BCUT2D eigenvalue weighted by atomic mass is 9.83.